The predicted octanol–water partition coefficient (Wildman–Crippen LogP) is 1.98. The molecule has 0 bridgehead atoms. The number of ether oxygens (including phenoxy) is 1. The summed E-state index contributed by atoms with van der Waals surface area (Å²) in [4.78, 5) is 6.90. The summed E-state index contributed by atoms with van der Waals surface area (Å²) in [6.45, 7) is 10.0. The van der Waals surface area contributed by atoms with Gasteiger partial charge in [-0.1, -0.05) is 13.0 Å². The third-order valence-electron chi connectivity index (χ3n) is 3.33. The SMILES string of the molecule is CCNC(C)c1cccnc1N1CCOC(C)C1. The van der Waals surface area contributed by atoms with Crippen LogP contribution >= 0.6 is 0 Å². The Kier molecular flexibility index (Phi) is 4.55. The topological polar surface area (TPSA) is 37.4 Å². The fourth-order valence-corrected chi connectivity index (χ4v) is 2.44. The van der Waals surface area contributed by atoms with Gasteiger partial charge in [-0.15, -0.1) is 0 Å². The van der Waals surface area contributed by atoms with Crippen molar-refractivity contribution in [3.05, 3.63) is 23.9 Å². The zero-order chi connectivity index (χ0) is 13.0. The van der Waals surface area contributed by atoms with Gasteiger partial charge in [0.25, 0.3) is 0 Å². The lowest BCUT2D eigenvalue weighted by Gasteiger charge is -2.34. The van der Waals surface area contributed by atoms with E-state index in [0.29, 0.717) is 6.04 Å². The third kappa shape index (κ3) is 3.00. The maximum Gasteiger partial charge on any atom is 0.133 e. The Morgan fingerprint density at radius 3 is 3.17 bits per heavy atom. The van der Waals surface area contributed by atoms with Gasteiger partial charge in [-0.3, -0.25) is 0 Å². The molecular formula is C14H23N3O. The van der Waals surface area contributed by atoms with Crippen LogP contribution in [-0.2, 0) is 4.74 Å². The van der Waals surface area contributed by atoms with Crippen LogP contribution in [0.25, 0.3) is 0 Å². The van der Waals surface area contributed by atoms with E-state index < -0.39 is 0 Å². The van der Waals surface area contributed by atoms with E-state index in [9.17, 15) is 0 Å². The number of pyridine rings is 1. The molecule has 1 N–H and O–H groups in total. The van der Waals surface area contributed by atoms with Gasteiger partial charge in [0, 0.05) is 30.9 Å². The second-order valence-electron chi connectivity index (χ2n) is 4.82. The van der Waals surface area contributed by atoms with E-state index in [1.165, 1.54) is 5.56 Å². The molecule has 1 aliphatic rings. The molecule has 0 amide bonds. The van der Waals surface area contributed by atoms with E-state index in [1.807, 2.05) is 12.3 Å². The first-order chi connectivity index (χ1) is 8.72. The molecule has 0 aliphatic carbocycles. The van der Waals surface area contributed by atoms with Gasteiger partial charge in [-0.2, -0.15) is 0 Å². The molecule has 18 heavy (non-hydrogen) atoms. The first kappa shape index (κ1) is 13.3. The molecule has 0 radical (unpaired) electrons. The van der Waals surface area contributed by atoms with Crippen molar-refractivity contribution < 1.29 is 4.74 Å². The van der Waals surface area contributed by atoms with Crippen LogP contribution < -0.4 is 10.2 Å². The molecule has 1 fully saturated rings. The third-order valence-corrected chi connectivity index (χ3v) is 3.33. The summed E-state index contributed by atoms with van der Waals surface area (Å²) in [7, 11) is 0. The molecule has 1 aromatic rings. The Balaban J connectivity index is 2.21. The highest BCUT2D eigenvalue weighted by Gasteiger charge is 2.21. The maximum absolute atomic E-state index is 5.59. The molecule has 1 aromatic heterocycles. The quantitative estimate of drug-likeness (QED) is 0.885. The normalized spacial score (nSPS) is 21.9. The minimum atomic E-state index is 0.281. The second-order valence-corrected chi connectivity index (χ2v) is 4.82. The van der Waals surface area contributed by atoms with E-state index in [2.05, 4.69) is 42.0 Å². The van der Waals surface area contributed by atoms with Crippen molar-refractivity contribution in [2.45, 2.75) is 32.9 Å². The monoisotopic (exact) mass is 249 g/mol. The van der Waals surface area contributed by atoms with Crippen molar-refractivity contribution in [2.24, 2.45) is 0 Å². The van der Waals surface area contributed by atoms with Gasteiger partial charge < -0.3 is 15.0 Å². The number of aromatic nitrogens is 1. The summed E-state index contributed by atoms with van der Waals surface area (Å²) < 4.78 is 5.59. The molecule has 100 valence electrons. The average molecular weight is 249 g/mol. The molecule has 2 unspecified atom stereocenters. The van der Waals surface area contributed by atoms with Crippen LogP contribution in [0.1, 0.15) is 32.4 Å². The van der Waals surface area contributed by atoms with Gasteiger partial charge in [-0.25, -0.2) is 4.98 Å². The van der Waals surface area contributed by atoms with Crippen LogP contribution in [0, 0.1) is 0 Å². The van der Waals surface area contributed by atoms with Crippen molar-refractivity contribution >= 4 is 5.82 Å². The lowest BCUT2D eigenvalue weighted by molar-refractivity contribution is 0.0528. The fourth-order valence-electron chi connectivity index (χ4n) is 2.44. The molecular weight excluding hydrogens is 226 g/mol. The number of hydrogen-bond donors (Lipinski definition) is 1. The molecule has 4 nitrogen and oxygen atoms in total. The fraction of sp³-hybridized carbons (Fsp3) is 0.643. The molecule has 0 saturated carbocycles. The number of hydrogen-bond acceptors (Lipinski definition) is 4. The van der Waals surface area contributed by atoms with Crippen molar-refractivity contribution in [3.63, 3.8) is 0 Å². The highest BCUT2D eigenvalue weighted by Crippen LogP contribution is 2.25. The molecule has 0 spiro atoms. The van der Waals surface area contributed by atoms with E-state index in [-0.39, 0.29) is 6.10 Å². The van der Waals surface area contributed by atoms with Crippen molar-refractivity contribution in [1.29, 1.82) is 0 Å². The molecule has 4 heteroatoms. The molecule has 1 saturated heterocycles. The summed E-state index contributed by atoms with van der Waals surface area (Å²) in [6.07, 6.45) is 2.15. The van der Waals surface area contributed by atoms with Gasteiger partial charge in [0.1, 0.15) is 5.82 Å². The van der Waals surface area contributed by atoms with Gasteiger partial charge in [0.05, 0.1) is 12.7 Å². The van der Waals surface area contributed by atoms with Gasteiger partial charge in [0.2, 0.25) is 0 Å². The summed E-state index contributed by atoms with van der Waals surface area (Å²) in [6, 6.07) is 4.50. The zero-order valence-electron chi connectivity index (χ0n) is 11.5. The lowest BCUT2D eigenvalue weighted by atomic mass is 10.1. The highest BCUT2D eigenvalue weighted by molar-refractivity contribution is 5.48. The van der Waals surface area contributed by atoms with Crippen LogP contribution in [0.4, 0.5) is 5.82 Å². The van der Waals surface area contributed by atoms with Crippen molar-refractivity contribution in [3.8, 4) is 0 Å². The first-order valence-electron chi connectivity index (χ1n) is 6.77. The predicted molar refractivity (Wildman–Crippen MR) is 74.0 cm³/mol. The number of morpholine rings is 1. The van der Waals surface area contributed by atoms with Crippen LogP contribution in [0.3, 0.4) is 0 Å². The lowest BCUT2D eigenvalue weighted by Crippen LogP contribution is -2.42. The Morgan fingerprint density at radius 1 is 1.61 bits per heavy atom. The molecule has 2 heterocycles. The van der Waals surface area contributed by atoms with Crippen LogP contribution in [0.5, 0.6) is 0 Å². The van der Waals surface area contributed by atoms with E-state index >= 15 is 0 Å². The molecule has 2 rings (SSSR count). The van der Waals surface area contributed by atoms with Crippen molar-refractivity contribution in [2.75, 3.05) is 31.1 Å². The zero-order valence-corrected chi connectivity index (χ0v) is 11.5. The smallest absolute Gasteiger partial charge is 0.133 e. The highest BCUT2D eigenvalue weighted by atomic mass is 16.5. The molecule has 2 atom stereocenters. The first-order valence-corrected chi connectivity index (χ1v) is 6.77. The Bertz CT molecular complexity index is 383. The Morgan fingerprint density at radius 2 is 2.44 bits per heavy atom. The standard InChI is InChI=1S/C14H23N3O/c1-4-15-12(3)13-6-5-7-16-14(13)17-8-9-18-11(2)10-17/h5-7,11-12,15H,4,8-10H2,1-3H3. The second kappa shape index (κ2) is 6.16. The summed E-state index contributed by atoms with van der Waals surface area (Å²) in [5, 5.41) is 3.45. The number of nitrogens with one attached hydrogen (secondary N) is 1. The minimum Gasteiger partial charge on any atom is -0.375 e. The van der Waals surface area contributed by atoms with Gasteiger partial charge in [-0.05, 0) is 26.5 Å². The van der Waals surface area contributed by atoms with E-state index in [0.717, 1.165) is 32.1 Å². The van der Waals surface area contributed by atoms with E-state index in [4.69, 9.17) is 4.74 Å². The maximum atomic E-state index is 5.59. The largest absolute Gasteiger partial charge is 0.375 e. The van der Waals surface area contributed by atoms with Crippen LogP contribution in [0.2, 0.25) is 0 Å². The van der Waals surface area contributed by atoms with Crippen LogP contribution in [-0.4, -0.2) is 37.3 Å². The van der Waals surface area contributed by atoms with Gasteiger partial charge in [0.15, 0.2) is 0 Å². The number of rotatable bonds is 4. The summed E-state index contributed by atoms with van der Waals surface area (Å²) in [5.41, 5.74) is 1.27. The van der Waals surface area contributed by atoms with Crippen LogP contribution in [0.15, 0.2) is 18.3 Å². The molecule has 0 aromatic carbocycles. The van der Waals surface area contributed by atoms with Crippen molar-refractivity contribution in [1.82, 2.24) is 10.3 Å². The summed E-state index contributed by atoms with van der Waals surface area (Å²) in [5.74, 6) is 1.10. The van der Waals surface area contributed by atoms with E-state index in [1.54, 1.807) is 0 Å². The van der Waals surface area contributed by atoms with Gasteiger partial charge >= 0.3 is 0 Å². The average Bonchev–Trinajstić information content (AvgIpc) is 2.39. The number of anilines is 1. The number of nitrogens with zero attached hydrogens (tertiary/aromatic N) is 2. The minimum absolute atomic E-state index is 0.281. The summed E-state index contributed by atoms with van der Waals surface area (Å²) >= 11 is 0. The Hall–Kier alpha value is -1.13. The molecule has 1 aliphatic heterocycles. The Labute approximate surface area is 109 Å².